The van der Waals surface area contributed by atoms with Crippen molar-refractivity contribution in [3.8, 4) is 5.75 Å². The summed E-state index contributed by atoms with van der Waals surface area (Å²) in [6, 6.07) is 5.57. The van der Waals surface area contributed by atoms with E-state index in [1.165, 1.54) is 12.8 Å². The lowest BCUT2D eigenvalue weighted by Gasteiger charge is -2.27. The summed E-state index contributed by atoms with van der Waals surface area (Å²) in [5.41, 5.74) is 1.52. The van der Waals surface area contributed by atoms with Gasteiger partial charge in [-0.1, -0.05) is 0 Å². The molecule has 0 aromatic heterocycles. The zero-order valence-corrected chi connectivity index (χ0v) is 12.0. The topological polar surface area (TPSA) is 40.5 Å². The smallest absolute Gasteiger partial charge is 0.159 e. The molecule has 1 aromatic carbocycles. The molecule has 19 heavy (non-hydrogen) atoms. The van der Waals surface area contributed by atoms with Crippen LogP contribution < -0.4 is 0 Å². The first kappa shape index (κ1) is 14.1. The number of phenolic OH excluding ortho intramolecular Hbond substituents is 1. The first-order valence-electron chi connectivity index (χ1n) is 7.04. The number of phenols is 1. The number of hydrogen-bond acceptors (Lipinski definition) is 3. The van der Waals surface area contributed by atoms with Crippen LogP contribution in [0.25, 0.3) is 0 Å². The van der Waals surface area contributed by atoms with Crippen molar-refractivity contribution < 1.29 is 9.90 Å². The third-order valence-electron chi connectivity index (χ3n) is 3.78. The Labute approximate surface area is 115 Å². The lowest BCUT2D eigenvalue weighted by atomic mass is 10.1. The van der Waals surface area contributed by atoms with Crippen LogP contribution in [0.3, 0.4) is 0 Å². The SMILES string of the molecule is CC(=O)c1ccc(O)c(CN(CC2CC2)C(C)C)c1. The molecule has 3 nitrogen and oxygen atoms in total. The fourth-order valence-corrected chi connectivity index (χ4v) is 2.24. The second kappa shape index (κ2) is 5.74. The molecular formula is C16H23NO2. The molecule has 2 rings (SSSR count). The Morgan fingerprint density at radius 3 is 2.63 bits per heavy atom. The van der Waals surface area contributed by atoms with Crippen molar-refractivity contribution in [2.75, 3.05) is 6.54 Å². The number of carbonyl (C=O) groups is 1. The third kappa shape index (κ3) is 3.80. The fraction of sp³-hybridized carbons (Fsp3) is 0.562. The fourth-order valence-electron chi connectivity index (χ4n) is 2.24. The van der Waals surface area contributed by atoms with Crippen LogP contribution in [0.1, 0.15) is 49.5 Å². The van der Waals surface area contributed by atoms with E-state index in [0.717, 1.165) is 18.0 Å². The maximum atomic E-state index is 11.4. The van der Waals surface area contributed by atoms with Crippen LogP contribution in [0.5, 0.6) is 5.75 Å². The van der Waals surface area contributed by atoms with Gasteiger partial charge >= 0.3 is 0 Å². The van der Waals surface area contributed by atoms with Crippen molar-refractivity contribution in [2.45, 2.75) is 46.2 Å². The molecule has 3 heteroatoms. The predicted octanol–water partition coefficient (Wildman–Crippen LogP) is 3.22. The van der Waals surface area contributed by atoms with Crippen molar-refractivity contribution in [3.05, 3.63) is 29.3 Å². The quantitative estimate of drug-likeness (QED) is 0.799. The summed E-state index contributed by atoms with van der Waals surface area (Å²) in [6.07, 6.45) is 2.64. The van der Waals surface area contributed by atoms with Crippen LogP contribution in [0.4, 0.5) is 0 Å². The average molecular weight is 261 g/mol. The van der Waals surface area contributed by atoms with Gasteiger partial charge in [-0.15, -0.1) is 0 Å². The van der Waals surface area contributed by atoms with Crippen molar-refractivity contribution in [3.63, 3.8) is 0 Å². The minimum Gasteiger partial charge on any atom is -0.508 e. The number of nitrogens with zero attached hydrogens (tertiary/aromatic N) is 1. The number of benzene rings is 1. The van der Waals surface area contributed by atoms with Crippen LogP contribution in [-0.2, 0) is 6.54 Å². The molecule has 0 heterocycles. The Bertz CT molecular complexity index is 464. The number of Topliss-reactive ketones (excluding diaryl/α,β-unsaturated/α-hetero) is 1. The van der Waals surface area contributed by atoms with Crippen LogP contribution in [0.2, 0.25) is 0 Å². The van der Waals surface area contributed by atoms with Crippen molar-refractivity contribution >= 4 is 5.78 Å². The lowest BCUT2D eigenvalue weighted by molar-refractivity contribution is 0.101. The molecule has 1 fully saturated rings. The molecule has 0 spiro atoms. The Balaban J connectivity index is 2.14. The van der Waals surface area contributed by atoms with Gasteiger partial charge in [-0.2, -0.15) is 0 Å². The van der Waals surface area contributed by atoms with E-state index in [2.05, 4.69) is 18.7 Å². The molecular weight excluding hydrogens is 238 g/mol. The molecule has 104 valence electrons. The zero-order valence-electron chi connectivity index (χ0n) is 12.0. The summed E-state index contributed by atoms with van der Waals surface area (Å²) in [5, 5.41) is 9.96. The minimum atomic E-state index is 0.0412. The van der Waals surface area contributed by atoms with Crippen LogP contribution in [0, 0.1) is 5.92 Å². The van der Waals surface area contributed by atoms with E-state index < -0.39 is 0 Å². The van der Waals surface area contributed by atoms with Gasteiger partial charge in [-0.25, -0.2) is 0 Å². The second-order valence-corrected chi connectivity index (χ2v) is 5.87. The van der Waals surface area contributed by atoms with Gasteiger partial charge < -0.3 is 5.11 Å². The van der Waals surface area contributed by atoms with E-state index in [1.807, 2.05) is 6.07 Å². The molecule has 0 aliphatic heterocycles. The number of rotatable bonds is 6. The minimum absolute atomic E-state index is 0.0412. The monoisotopic (exact) mass is 261 g/mol. The zero-order chi connectivity index (χ0) is 14.0. The first-order valence-corrected chi connectivity index (χ1v) is 7.04. The van der Waals surface area contributed by atoms with Crippen LogP contribution in [-0.4, -0.2) is 28.4 Å². The van der Waals surface area contributed by atoms with E-state index in [4.69, 9.17) is 0 Å². The summed E-state index contributed by atoms with van der Waals surface area (Å²) in [4.78, 5) is 13.8. The molecule has 1 aliphatic carbocycles. The number of carbonyl (C=O) groups excluding carboxylic acids is 1. The van der Waals surface area contributed by atoms with Gasteiger partial charge in [0.05, 0.1) is 0 Å². The van der Waals surface area contributed by atoms with Gasteiger partial charge in [0, 0.05) is 30.3 Å². The third-order valence-corrected chi connectivity index (χ3v) is 3.78. The van der Waals surface area contributed by atoms with Crippen molar-refractivity contribution in [1.82, 2.24) is 4.90 Å². The van der Waals surface area contributed by atoms with Gasteiger partial charge in [0.1, 0.15) is 5.75 Å². The molecule has 1 N–H and O–H groups in total. The molecule has 0 unspecified atom stereocenters. The maximum absolute atomic E-state index is 11.4. The molecule has 1 saturated carbocycles. The molecule has 0 amide bonds. The summed E-state index contributed by atoms with van der Waals surface area (Å²) >= 11 is 0. The Hall–Kier alpha value is -1.35. The van der Waals surface area contributed by atoms with Crippen LogP contribution >= 0.6 is 0 Å². The molecule has 1 aliphatic rings. The molecule has 1 aromatic rings. The molecule has 0 radical (unpaired) electrons. The van der Waals surface area contributed by atoms with Crippen molar-refractivity contribution in [2.24, 2.45) is 5.92 Å². The van der Waals surface area contributed by atoms with Gasteiger partial charge in [-0.3, -0.25) is 9.69 Å². The van der Waals surface area contributed by atoms with E-state index >= 15 is 0 Å². The molecule has 0 saturated heterocycles. The lowest BCUT2D eigenvalue weighted by Crippen LogP contribution is -2.32. The predicted molar refractivity (Wildman–Crippen MR) is 76.4 cm³/mol. The first-order chi connectivity index (χ1) is 8.97. The van der Waals surface area contributed by atoms with Crippen molar-refractivity contribution in [1.29, 1.82) is 0 Å². The highest BCUT2D eigenvalue weighted by molar-refractivity contribution is 5.94. The van der Waals surface area contributed by atoms with Gasteiger partial charge in [0.2, 0.25) is 0 Å². The standard InChI is InChI=1S/C16H23NO2/c1-11(2)17(9-13-4-5-13)10-15-8-14(12(3)18)6-7-16(15)19/h6-8,11,13,19H,4-5,9-10H2,1-3H3. The summed E-state index contributed by atoms with van der Waals surface area (Å²) in [6.45, 7) is 7.70. The van der Waals surface area contributed by atoms with Crippen LogP contribution in [0.15, 0.2) is 18.2 Å². The average Bonchev–Trinajstić information content (AvgIpc) is 3.14. The Morgan fingerprint density at radius 2 is 2.11 bits per heavy atom. The maximum Gasteiger partial charge on any atom is 0.159 e. The molecule has 0 atom stereocenters. The van der Waals surface area contributed by atoms with E-state index in [9.17, 15) is 9.90 Å². The summed E-state index contributed by atoms with van der Waals surface area (Å²) in [7, 11) is 0. The molecule has 0 bridgehead atoms. The highest BCUT2D eigenvalue weighted by atomic mass is 16.3. The highest BCUT2D eigenvalue weighted by Gasteiger charge is 2.26. The number of ketones is 1. The number of hydrogen-bond donors (Lipinski definition) is 1. The second-order valence-electron chi connectivity index (χ2n) is 5.87. The van der Waals surface area contributed by atoms with E-state index in [-0.39, 0.29) is 11.5 Å². The Kier molecular flexibility index (Phi) is 4.25. The Morgan fingerprint density at radius 1 is 1.42 bits per heavy atom. The van der Waals surface area contributed by atoms with E-state index in [1.54, 1.807) is 19.1 Å². The highest BCUT2D eigenvalue weighted by Crippen LogP contribution is 2.31. The normalized spacial score (nSPS) is 15.2. The van der Waals surface area contributed by atoms with Gasteiger partial charge in [0.15, 0.2) is 5.78 Å². The van der Waals surface area contributed by atoms with E-state index in [0.29, 0.717) is 18.2 Å². The summed E-state index contributed by atoms with van der Waals surface area (Å²) in [5.74, 6) is 1.14. The largest absolute Gasteiger partial charge is 0.508 e. The van der Waals surface area contributed by atoms with Gasteiger partial charge in [-0.05, 0) is 57.7 Å². The number of aromatic hydroxyl groups is 1. The van der Waals surface area contributed by atoms with Gasteiger partial charge in [0.25, 0.3) is 0 Å². The summed E-state index contributed by atoms with van der Waals surface area (Å²) < 4.78 is 0.